The molecule has 0 radical (unpaired) electrons. The topological polar surface area (TPSA) is 38.8 Å². The number of hydrogen-bond donors (Lipinski definition) is 0. The minimum atomic E-state index is -0.684. The molecule has 2 aliphatic carbocycles. The summed E-state index contributed by atoms with van der Waals surface area (Å²) in [6.45, 7) is 0. The summed E-state index contributed by atoms with van der Waals surface area (Å²) < 4.78 is 11.7. The normalized spacial score (nSPS) is 35.8. The highest BCUT2D eigenvalue weighted by atomic mass is 16.7. The van der Waals surface area contributed by atoms with E-state index >= 15 is 0 Å². The fraction of sp³-hybridized carbons (Fsp3) is 0.588. The van der Waals surface area contributed by atoms with Crippen LogP contribution in [0.15, 0.2) is 30.3 Å². The van der Waals surface area contributed by atoms with Crippen LogP contribution < -0.4 is 0 Å². The number of carbonyl (C=O) groups is 1. The van der Waals surface area contributed by atoms with E-state index in [1.807, 2.05) is 18.2 Å². The summed E-state index contributed by atoms with van der Waals surface area (Å²) in [5.74, 6) is -0.120. The summed E-state index contributed by atoms with van der Waals surface area (Å²) in [5.41, 5.74) is 0.0434. The maximum absolute atomic E-state index is 12.6. The zero-order valence-electron chi connectivity index (χ0n) is 11.6. The molecule has 0 amide bonds. The number of fused-ring (bicyclic) bond motifs is 1. The van der Waals surface area contributed by atoms with Gasteiger partial charge in [-0.2, -0.15) is 0 Å². The van der Waals surface area contributed by atoms with Crippen LogP contribution in [0.3, 0.4) is 0 Å². The van der Waals surface area contributed by atoms with Crippen LogP contribution in [0.1, 0.15) is 50.5 Å². The van der Waals surface area contributed by atoms with Gasteiger partial charge in [-0.05, 0) is 50.5 Å². The molecule has 4 rings (SSSR count). The van der Waals surface area contributed by atoms with Crippen molar-refractivity contribution in [2.24, 2.45) is 0 Å². The van der Waals surface area contributed by atoms with Gasteiger partial charge in [0.05, 0.1) is 0 Å². The van der Waals surface area contributed by atoms with Gasteiger partial charge in [0.2, 0.25) is 0 Å². The molecule has 0 spiro atoms. The third-order valence-electron chi connectivity index (χ3n) is 5.16. The second-order valence-electron chi connectivity index (χ2n) is 6.29. The summed E-state index contributed by atoms with van der Waals surface area (Å²) >= 11 is 0. The molecule has 3 nitrogen and oxygen atoms in total. The van der Waals surface area contributed by atoms with Crippen molar-refractivity contribution in [1.29, 1.82) is 0 Å². The lowest BCUT2D eigenvalue weighted by Crippen LogP contribution is -2.33. The van der Waals surface area contributed by atoms with E-state index in [0.717, 1.165) is 37.7 Å². The second-order valence-corrected chi connectivity index (χ2v) is 6.29. The Balaban J connectivity index is 1.57. The Bertz CT molecular complexity index is 520. The number of ether oxygens (including phenoxy) is 2. The molecule has 1 aromatic rings. The number of benzene rings is 1. The van der Waals surface area contributed by atoms with Gasteiger partial charge in [-0.3, -0.25) is 0 Å². The fourth-order valence-electron chi connectivity index (χ4n) is 4.07. The largest absolute Gasteiger partial charge is 0.460 e. The highest BCUT2D eigenvalue weighted by Gasteiger charge is 2.78. The predicted octanol–water partition coefficient (Wildman–Crippen LogP) is 3.32. The average Bonchev–Trinajstić information content (AvgIpc) is 2.84. The maximum Gasteiger partial charge on any atom is 0.342 e. The molecular weight excluding hydrogens is 252 g/mol. The molecule has 20 heavy (non-hydrogen) atoms. The van der Waals surface area contributed by atoms with E-state index in [9.17, 15) is 4.79 Å². The van der Waals surface area contributed by atoms with Crippen molar-refractivity contribution in [2.45, 2.75) is 62.3 Å². The van der Waals surface area contributed by atoms with Crippen molar-refractivity contribution in [1.82, 2.24) is 0 Å². The van der Waals surface area contributed by atoms with Gasteiger partial charge in [0.25, 0.3) is 0 Å². The molecule has 1 aliphatic heterocycles. The summed E-state index contributed by atoms with van der Waals surface area (Å²) in [6, 6.07) is 10.1. The van der Waals surface area contributed by atoms with Crippen molar-refractivity contribution in [3.8, 4) is 0 Å². The van der Waals surface area contributed by atoms with E-state index in [2.05, 4.69) is 12.1 Å². The molecule has 3 aliphatic rings. The van der Waals surface area contributed by atoms with E-state index in [0.29, 0.717) is 0 Å². The number of hydrogen-bond acceptors (Lipinski definition) is 3. The van der Waals surface area contributed by atoms with E-state index in [1.165, 1.54) is 12.8 Å². The molecule has 1 saturated heterocycles. The molecule has 0 bridgehead atoms. The molecule has 3 heteroatoms. The lowest BCUT2D eigenvalue weighted by atomic mass is 9.89. The van der Waals surface area contributed by atoms with Crippen molar-refractivity contribution >= 4 is 5.97 Å². The predicted molar refractivity (Wildman–Crippen MR) is 74.1 cm³/mol. The van der Waals surface area contributed by atoms with Crippen LogP contribution in [0.4, 0.5) is 0 Å². The van der Waals surface area contributed by atoms with E-state index in [4.69, 9.17) is 9.47 Å². The quantitative estimate of drug-likeness (QED) is 0.626. The molecule has 2 saturated carbocycles. The first-order valence-electron chi connectivity index (χ1n) is 7.74. The van der Waals surface area contributed by atoms with Gasteiger partial charge in [0.15, 0.2) is 5.60 Å². The molecule has 1 heterocycles. The Morgan fingerprint density at radius 1 is 1.10 bits per heavy atom. The van der Waals surface area contributed by atoms with E-state index in [-0.39, 0.29) is 12.1 Å². The van der Waals surface area contributed by atoms with Crippen LogP contribution in [0.2, 0.25) is 0 Å². The third kappa shape index (κ3) is 1.59. The van der Waals surface area contributed by atoms with Crippen molar-refractivity contribution in [3.63, 3.8) is 0 Å². The van der Waals surface area contributed by atoms with Crippen LogP contribution in [-0.2, 0) is 19.9 Å². The summed E-state index contributed by atoms with van der Waals surface area (Å²) in [5, 5.41) is 0. The number of epoxide rings is 1. The van der Waals surface area contributed by atoms with Gasteiger partial charge >= 0.3 is 5.97 Å². The fourth-order valence-corrected chi connectivity index (χ4v) is 4.07. The Hall–Kier alpha value is -1.35. The van der Waals surface area contributed by atoms with Crippen LogP contribution in [0, 0.1) is 0 Å². The molecule has 2 atom stereocenters. The highest BCUT2D eigenvalue weighted by molar-refractivity contribution is 5.86. The summed E-state index contributed by atoms with van der Waals surface area (Å²) in [7, 11) is 0. The van der Waals surface area contributed by atoms with Gasteiger partial charge < -0.3 is 9.47 Å². The molecule has 2 unspecified atom stereocenters. The summed E-state index contributed by atoms with van der Waals surface area (Å²) in [4.78, 5) is 12.6. The van der Waals surface area contributed by atoms with E-state index in [1.54, 1.807) is 0 Å². The zero-order chi connectivity index (χ0) is 13.6. The Morgan fingerprint density at radius 2 is 1.85 bits per heavy atom. The molecule has 0 aromatic heterocycles. The van der Waals surface area contributed by atoms with Crippen molar-refractivity contribution < 1.29 is 14.3 Å². The lowest BCUT2D eigenvalue weighted by molar-refractivity contribution is -0.155. The van der Waals surface area contributed by atoms with Crippen LogP contribution >= 0.6 is 0 Å². The first kappa shape index (κ1) is 12.4. The minimum Gasteiger partial charge on any atom is -0.460 e. The van der Waals surface area contributed by atoms with Gasteiger partial charge in [-0.1, -0.05) is 30.3 Å². The second kappa shape index (κ2) is 4.32. The lowest BCUT2D eigenvalue weighted by Gasteiger charge is -2.16. The Labute approximate surface area is 119 Å². The number of esters is 1. The van der Waals surface area contributed by atoms with Crippen LogP contribution in [-0.4, -0.2) is 17.7 Å². The molecular formula is C17H20O3. The smallest absolute Gasteiger partial charge is 0.342 e. The average molecular weight is 272 g/mol. The summed E-state index contributed by atoms with van der Waals surface area (Å²) in [6.07, 6.45) is 7.26. The minimum absolute atomic E-state index is 0.120. The highest BCUT2D eigenvalue weighted by Crippen LogP contribution is 2.66. The zero-order valence-corrected chi connectivity index (χ0v) is 11.6. The molecule has 0 N–H and O–H groups in total. The first-order valence-corrected chi connectivity index (χ1v) is 7.74. The van der Waals surface area contributed by atoms with Crippen molar-refractivity contribution in [2.75, 3.05) is 0 Å². The van der Waals surface area contributed by atoms with Crippen LogP contribution in [0.5, 0.6) is 0 Å². The van der Waals surface area contributed by atoms with Crippen molar-refractivity contribution in [3.05, 3.63) is 35.9 Å². The Morgan fingerprint density at radius 3 is 2.60 bits per heavy atom. The van der Waals surface area contributed by atoms with Gasteiger partial charge in [-0.25, -0.2) is 4.79 Å². The van der Waals surface area contributed by atoms with Gasteiger partial charge in [0.1, 0.15) is 11.7 Å². The molecule has 3 fully saturated rings. The number of carbonyl (C=O) groups excluding carboxylic acids is 1. The van der Waals surface area contributed by atoms with E-state index < -0.39 is 11.2 Å². The van der Waals surface area contributed by atoms with Gasteiger partial charge in [0, 0.05) is 0 Å². The molecule has 106 valence electrons. The third-order valence-corrected chi connectivity index (χ3v) is 5.16. The monoisotopic (exact) mass is 272 g/mol. The SMILES string of the molecule is O=C(OC1CCCC1)C12CCCC1(c1ccccc1)O2. The van der Waals surface area contributed by atoms with Crippen LogP contribution in [0.25, 0.3) is 0 Å². The standard InChI is InChI=1S/C17H20O3/c18-15(19-14-9-4-5-10-14)17-12-6-11-16(17,20-17)13-7-2-1-3-8-13/h1-3,7-8,14H,4-6,9-12H2. The molecule has 1 aromatic carbocycles. The number of rotatable bonds is 3. The first-order chi connectivity index (χ1) is 9.77. The van der Waals surface area contributed by atoms with Gasteiger partial charge in [-0.15, -0.1) is 0 Å². The maximum atomic E-state index is 12.6. The Kier molecular flexibility index (Phi) is 2.68.